The summed E-state index contributed by atoms with van der Waals surface area (Å²) in [5.41, 5.74) is 0.823. The zero-order valence-electron chi connectivity index (χ0n) is 13.6. The van der Waals surface area contributed by atoms with Gasteiger partial charge >= 0.3 is 0 Å². The van der Waals surface area contributed by atoms with Gasteiger partial charge < -0.3 is 5.32 Å². The fourth-order valence-corrected chi connectivity index (χ4v) is 3.40. The number of anilines is 1. The highest BCUT2D eigenvalue weighted by Gasteiger charge is 2.30. The molecule has 1 aromatic carbocycles. The lowest BCUT2D eigenvalue weighted by molar-refractivity contribution is -0.117. The Kier molecular flexibility index (Phi) is 5.49. The van der Waals surface area contributed by atoms with Crippen LogP contribution in [0.2, 0.25) is 5.02 Å². The van der Waals surface area contributed by atoms with Crippen molar-refractivity contribution in [2.75, 3.05) is 5.32 Å². The first-order chi connectivity index (χ1) is 10.3. The van der Waals surface area contributed by atoms with Crippen LogP contribution in [-0.4, -0.2) is 5.91 Å². The zero-order valence-corrected chi connectivity index (χ0v) is 14.3. The average molecular weight is 326 g/mol. The van der Waals surface area contributed by atoms with Gasteiger partial charge in [0.25, 0.3) is 0 Å². The Morgan fingerprint density at radius 2 is 1.91 bits per heavy atom. The maximum absolute atomic E-state index is 13.4. The van der Waals surface area contributed by atoms with E-state index < -0.39 is 5.82 Å². The molecule has 0 atom stereocenters. The van der Waals surface area contributed by atoms with Gasteiger partial charge in [-0.2, -0.15) is 0 Å². The molecule has 1 aromatic rings. The van der Waals surface area contributed by atoms with E-state index in [0.717, 1.165) is 18.8 Å². The number of nitrogens with one attached hydrogen (secondary N) is 1. The number of hydrogen-bond acceptors (Lipinski definition) is 1. The van der Waals surface area contributed by atoms with Crippen molar-refractivity contribution in [3.63, 3.8) is 0 Å². The molecule has 0 bridgehead atoms. The van der Waals surface area contributed by atoms with E-state index in [1.807, 2.05) is 0 Å². The first-order valence-corrected chi connectivity index (χ1v) is 8.38. The van der Waals surface area contributed by atoms with Crippen molar-refractivity contribution in [3.8, 4) is 0 Å². The van der Waals surface area contributed by atoms with E-state index in [2.05, 4.69) is 26.1 Å². The van der Waals surface area contributed by atoms with Crippen LogP contribution in [0.4, 0.5) is 10.1 Å². The van der Waals surface area contributed by atoms with E-state index in [1.54, 1.807) is 6.07 Å². The Labute approximate surface area is 137 Å². The summed E-state index contributed by atoms with van der Waals surface area (Å²) in [5.74, 6) is 0.638. The first-order valence-electron chi connectivity index (χ1n) is 8.00. The Morgan fingerprint density at radius 1 is 1.27 bits per heavy atom. The Bertz CT molecular complexity index is 530. The minimum atomic E-state index is -0.509. The molecule has 0 aliphatic heterocycles. The van der Waals surface area contributed by atoms with Gasteiger partial charge in [0, 0.05) is 12.1 Å². The summed E-state index contributed by atoms with van der Waals surface area (Å²) in [5, 5.41) is 2.83. The molecule has 122 valence electrons. The van der Waals surface area contributed by atoms with Gasteiger partial charge in [-0.05, 0) is 61.1 Å². The summed E-state index contributed by atoms with van der Waals surface area (Å²) < 4.78 is 13.4. The van der Waals surface area contributed by atoms with Crippen molar-refractivity contribution < 1.29 is 9.18 Å². The van der Waals surface area contributed by atoms with Crippen LogP contribution in [0, 0.1) is 23.1 Å². The smallest absolute Gasteiger partial charge is 0.224 e. The molecule has 1 amide bonds. The number of carbonyl (C=O) groups is 1. The van der Waals surface area contributed by atoms with Gasteiger partial charge in [-0.3, -0.25) is 4.79 Å². The van der Waals surface area contributed by atoms with E-state index in [0.29, 0.717) is 23.4 Å². The third-order valence-electron chi connectivity index (χ3n) is 4.75. The van der Waals surface area contributed by atoms with E-state index in [9.17, 15) is 9.18 Å². The standard InChI is InChI=1S/C18H25ClFNO/c1-18(2,3)13-6-4-12(5-7-13)10-17(22)21-14-8-9-15(19)16(20)11-14/h8-9,11-13H,4-7,10H2,1-3H3,(H,21,22). The van der Waals surface area contributed by atoms with Crippen molar-refractivity contribution in [3.05, 3.63) is 29.0 Å². The Hall–Kier alpha value is -1.09. The lowest BCUT2D eigenvalue weighted by Gasteiger charge is -2.36. The second kappa shape index (κ2) is 6.99. The lowest BCUT2D eigenvalue weighted by Crippen LogP contribution is -2.27. The van der Waals surface area contributed by atoms with Crippen LogP contribution in [0.3, 0.4) is 0 Å². The van der Waals surface area contributed by atoms with Crippen molar-refractivity contribution in [1.82, 2.24) is 0 Å². The molecule has 1 N–H and O–H groups in total. The molecule has 1 aliphatic rings. The predicted octanol–water partition coefficient (Wildman–Crippen LogP) is 5.66. The second-order valence-electron chi connectivity index (χ2n) is 7.46. The number of rotatable bonds is 3. The van der Waals surface area contributed by atoms with Crippen LogP contribution in [0.5, 0.6) is 0 Å². The molecule has 2 nitrogen and oxygen atoms in total. The van der Waals surface area contributed by atoms with Crippen LogP contribution < -0.4 is 5.32 Å². The molecule has 2 rings (SSSR count). The minimum absolute atomic E-state index is 0.0408. The van der Waals surface area contributed by atoms with Crippen molar-refractivity contribution >= 4 is 23.2 Å². The normalized spacial score (nSPS) is 22.4. The van der Waals surface area contributed by atoms with Crippen LogP contribution in [0.1, 0.15) is 52.9 Å². The molecule has 4 heteroatoms. The molecule has 0 saturated heterocycles. The van der Waals surface area contributed by atoms with Crippen LogP contribution in [0.15, 0.2) is 18.2 Å². The van der Waals surface area contributed by atoms with E-state index >= 15 is 0 Å². The maximum Gasteiger partial charge on any atom is 0.224 e. The molecule has 0 spiro atoms. The van der Waals surface area contributed by atoms with Crippen LogP contribution in [0.25, 0.3) is 0 Å². The van der Waals surface area contributed by atoms with Gasteiger partial charge in [0.15, 0.2) is 0 Å². The molecular weight excluding hydrogens is 301 g/mol. The summed E-state index contributed by atoms with van der Waals surface area (Å²) in [4.78, 5) is 12.1. The summed E-state index contributed by atoms with van der Waals surface area (Å²) >= 11 is 5.64. The monoisotopic (exact) mass is 325 g/mol. The Morgan fingerprint density at radius 3 is 2.45 bits per heavy atom. The molecular formula is C18H25ClFNO. The highest BCUT2D eigenvalue weighted by molar-refractivity contribution is 6.30. The lowest BCUT2D eigenvalue weighted by atomic mass is 9.69. The van der Waals surface area contributed by atoms with Crippen molar-refractivity contribution in [2.24, 2.45) is 17.3 Å². The summed E-state index contributed by atoms with van der Waals surface area (Å²) in [6.07, 6.45) is 5.10. The third kappa shape index (κ3) is 4.70. The molecule has 22 heavy (non-hydrogen) atoms. The Balaban J connectivity index is 1.82. The minimum Gasteiger partial charge on any atom is -0.326 e. The number of halogens is 2. The molecule has 0 aromatic heterocycles. The second-order valence-corrected chi connectivity index (χ2v) is 7.87. The largest absolute Gasteiger partial charge is 0.326 e. The topological polar surface area (TPSA) is 29.1 Å². The van der Waals surface area contributed by atoms with Gasteiger partial charge in [0.05, 0.1) is 5.02 Å². The quantitative estimate of drug-likeness (QED) is 0.763. The van der Waals surface area contributed by atoms with E-state index in [-0.39, 0.29) is 10.9 Å². The molecule has 0 heterocycles. The van der Waals surface area contributed by atoms with Crippen LogP contribution >= 0.6 is 11.6 Å². The average Bonchev–Trinajstić information content (AvgIpc) is 2.42. The van der Waals surface area contributed by atoms with E-state index in [1.165, 1.54) is 25.0 Å². The summed E-state index contributed by atoms with van der Waals surface area (Å²) in [6, 6.07) is 4.34. The van der Waals surface area contributed by atoms with Gasteiger partial charge in [-0.1, -0.05) is 32.4 Å². The molecule has 1 saturated carbocycles. The van der Waals surface area contributed by atoms with Crippen LogP contribution in [-0.2, 0) is 4.79 Å². The van der Waals surface area contributed by atoms with Gasteiger partial charge in [0.1, 0.15) is 5.82 Å². The molecule has 1 fully saturated rings. The number of benzene rings is 1. The molecule has 0 radical (unpaired) electrons. The number of amides is 1. The van der Waals surface area contributed by atoms with Gasteiger partial charge in [0.2, 0.25) is 5.91 Å². The van der Waals surface area contributed by atoms with Gasteiger partial charge in [-0.25, -0.2) is 4.39 Å². The molecule has 0 unspecified atom stereocenters. The predicted molar refractivity (Wildman–Crippen MR) is 89.6 cm³/mol. The van der Waals surface area contributed by atoms with Gasteiger partial charge in [-0.15, -0.1) is 0 Å². The number of carbonyl (C=O) groups excluding carboxylic acids is 1. The fourth-order valence-electron chi connectivity index (χ4n) is 3.28. The maximum atomic E-state index is 13.4. The summed E-state index contributed by atoms with van der Waals surface area (Å²) in [7, 11) is 0. The number of hydrogen-bond donors (Lipinski definition) is 1. The van der Waals surface area contributed by atoms with Crippen molar-refractivity contribution in [1.29, 1.82) is 0 Å². The first kappa shape index (κ1) is 17.3. The SMILES string of the molecule is CC(C)(C)C1CCC(CC(=O)Nc2ccc(Cl)c(F)c2)CC1. The highest BCUT2D eigenvalue weighted by Crippen LogP contribution is 2.40. The summed E-state index contributed by atoms with van der Waals surface area (Å²) in [6.45, 7) is 6.87. The third-order valence-corrected chi connectivity index (χ3v) is 5.06. The fraction of sp³-hybridized carbons (Fsp3) is 0.611. The zero-order chi connectivity index (χ0) is 16.3. The van der Waals surface area contributed by atoms with Crippen molar-refractivity contribution in [2.45, 2.75) is 52.9 Å². The highest BCUT2D eigenvalue weighted by atomic mass is 35.5. The van der Waals surface area contributed by atoms with E-state index in [4.69, 9.17) is 11.6 Å². The molecule has 1 aliphatic carbocycles.